The first-order chi connectivity index (χ1) is 6.35. The SMILES string of the molecule is COC=CCC(C=CCOC)OC. The van der Waals surface area contributed by atoms with Gasteiger partial charge in [0.2, 0.25) is 0 Å². The summed E-state index contributed by atoms with van der Waals surface area (Å²) in [7, 11) is 4.97. The molecular formula is C10H18O3. The number of ether oxygens (including phenoxy) is 3. The van der Waals surface area contributed by atoms with E-state index in [9.17, 15) is 0 Å². The molecular weight excluding hydrogens is 168 g/mol. The van der Waals surface area contributed by atoms with Crippen molar-refractivity contribution in [2.24, 2.45) is 0 Å². The van der Waals surface area contributed by atoms with Crippen LogP contribution < -0.4 is 0 Å². The third-order valence-electron chi connectivity index (χ3n) is 1.52. The molecule has 0 rings (SSSR count). The molecule has 0 heterocycles. The van der Waals surface area contributed by atoms with E-state index in [-0.39, 0.29) is 6.10 Å². The summed E-state index contributed by atoms with van der Waals surface area (Å²) in [5.41, 5.74) is 0. The van der Waals surface area contributed by atoms with Crippen molar-refractivity contribution in [1.82, 2.24) is 0 Å². The maximum atomic E-state index is 5.19. The van der Waals surface area contributed by atoms with Crippen LogP contribution >= 0.6 is 0 Å². The van der Waals surface area contributed by atoms with Crippen LogP contribution in [0.4, 0.5) is 0 Å². The summed E-state index contributed by atoms with van der Waals surface area (Å²) >= 11 is 0. The van der Waals surface area contributed by atoms with Crippen molar-refractivity contribution in [2.45, 2.75) is 12.5 Å². The predicted molar refractivity (Wildman–Crippen MR) is 52.6 cm³/mol. The summed E-state index contributed by atoms with van der Waals surface area (Å²) in [6.45, 7) is 0.619. The minimum Gasteiger partial charge on any atom is -0.505 e. The van der Waals surface area contributed by atoms with Crippen molar-refractivity contribution in [1.29, 1.82) is 0 Å². The van der Waals surface area contributed by atoms with Gasteiger partial charge in [0.25, 0.3) is 0 Å². The zero-order chi connectivity index (χ0) is 9.94. The molecule has 3 heteroatoms. The van der Waals surface area contributed by atoms with E-state index in [1.807, 2.05) is 18.2 Å². The molecule has 0 aliphatic rings. The Labute approximate surface area is 80.0 Å². The lowest BCUT2D eigenvalue weighted by Gasteiger charge is -2.06. The van der Waals surface area contributed by atoms with Crippen LogP contribution in [-0.2, 0) is 14.2 Å². The highest BCUT2D eigenvalue weighted by Crippen LogP contribution is 2.00. The lowest BCUT2D eigenvalue weighted by atomic mass is 10.2. The molecule has 0 radical (unpaired) electrons. The minimum atomic E-state index is 0.0987. The second kappa shape index (κ2) is 9.29. The van der Waals surface area contributed by atoms with Gasteiger partial charge in [-0.15, -0.1) is 0 Å². The van der Waals surface area contributed by atoms with E-state index in [1.54, 1.807) is 27.6 Å². The smallest absolute Gasteiger partial charge is 0.0788 e. The first kappa shape index (κ1) is 12.2. The fraction of sp³-hybridized carbons (Fsp3) is 0.600. The van der Waals surface area contributed by atoms with Gasteiger partial charge in [-0.2, -0.15) is 0 Å². The fourth-order valence-corrected chi connectivity index (χ4v) is 0.843. The zero-order valence-corrected chi connectivity index (χ0v) is 8.53. The molecule has 0 amide bonds. The van der Waals surface area contributed by atoms with Crippen molar-refractivity contribution in [2.75, 3.05) is 27.9 Å². The van der Waals surface area contributed by atoms with Crippen LogP contribution in [0.2, 0.25) is 0 Å². The molecule has 0 N–H and O–H groups in total. The second-order valence-electron chi connectivity index (χ2n) is 2.50. The topological polar surface area (TPSA) is 27.7 Å². The molecule has 0 aliphatic carbocycles. The number of methoxy groups -OCH3 is 3. The van der Waals surface area contributed by atoms with Crippen LogP contribution in [0.15, 0.2) is 24.5 Å². The van der Waals surface area contributed by atoms with Crippen LogP contribution in [0, 0.1) is 0 Å². The Kier molecular flexibility index (Phi) is 8.72. The first-order valence-electron chi connectivity index (χ1n) is 4.21. The normalized spacial score (nSPS) is 14.1. The molecule has 0 aromatic carbocycles. The Morgan fingerprint density at radius 2 is 1.92 bits per heavy atom. The molecule has 1 unspecified atom stereocenters. The Balaban J connectivity index is 3.68. The van der Waals surface area contributed by atoms with Gasteiger partial charge in [0.1, 0.15) is 0 Å². The van der Waals surface area contributed by atoms with E-state index in [1.165, 1.54) is 0 Å². The molecule has 0 spiro atoms. The molecule has 0 aliphatic heterocycles. The zero-order valence-electron chi connectivity index (χ0n) is 8.53. The van der Waals surface area contributed by atoms with Crippen molar-refractivity contribution in [3.63, 3.8) is 0 Å². The van der Waals surface area contributed by atoms with E-state index in [2.05, 4.69) is 0 Å². The van der Waals surface area contributed by atoms with Crippen LogP contribution in [0.5, 0.6) is 0 Å². The summed E-state index contributed by atoms with van der Waals surface area (Å²) in [5.74, 6) is 0. The summed E-state index contributed by atoms with van der Waals surface area (Å²) in [5, 5.41) is 0. The fourth-order valence-electron chi connectivity index (χ4n) is 0.843. The summed E-state index contributed by atoms with van der Waals surface area (Å²) in [6, 6.07) is 0. The van der Waals surface area contributed by atoms with Crippen LogP contribution in [0.3, 0.4) is 0 Å². The third kappa shape index (κ3) is 7.56. The molecule has 0 aromatic rings. The minimum absolute atomic E-state index is 0.0987. The van der Waals surface area contributed by atoms with Crippen LogP contribution in [-0.4, -0.2) is 34.0 Å². The van der Waals surface area contributed by atoms with E-state index >= 15 is 0 Å². The van der Waals surface area contributed by atoms with Crippen LogP contribution in [0.25, 0.3) is 0 Å². The molecule has 0 saturated carbocycles. The van der Waals surface area contributed by atoms with E-state index in [0.717, 1.165) is 6.42 Å². The van der Waals surface area contributed by atoms with Crippen molar-refractivity contribution >= 4 is 0 Å². The van der Waals surface area contributed by atoms with Gasteiger partial charge in [-0.3, -0.25) is 0 Å². The Hall–Kier alpha value is -0.800. The Bertz CT molecular complexity index is 152. The molecule has 0 saturated heterocycles. The first-order valence-corrected chi connectivity index (χ1v) is 4.21. The quantitative estimate of drug-likeness (QED) is 0.448. The molecule has 76 valence electrons. The third-order valence-corrected chi connectivity index (χ3v) is 1.52. The molecule has 0 fully saturated rings. The second-order valence-corrected chi connectivity index (χ2v) is 2.50. The van der Waals surface area contributed by atoms with E-state index in [0.29, 0.717) is 6.61 Å². The largest absolute Gasteiger partial charge is 0.505 e. The highest BCUT2D eigenvalue weighted by Gasteiger charge is 1.97. The van der Waals surface area contributed by atoms with Crippen molar-refractivity contribution < 1.29 is 14.2 Å². The highest BCUT2D eigenvalue weighted by atomic mass is 16.5. The van der Waals surface area contributed by atoms with Gasteiger partial charge in [-0.25, -0.2) is 0 Å². The molecule has 3 nitrogen and oxygen atoms in total. The number of hydrogen-bond acceptors (Lipinski definition) is 3. The average molecular weight is 186 g/mol. The summed E-state index contributed by atoms with van der Waals surface area (Å²) < 4.78 is 14.8. The maximum absolute atomic E-state index is 5.19. The lowest BCUT2D eigenvalue weighted by molar-refractivity contribution is 0.141. The Morgan fingerprint density at radius 1 is 1.15 bits per heavy atom. The lowest BCUT2D eigenvalue weighted by Crippen LogP contribution is -2.05. The standard InChI is InChI=1S/C10H18O3/c1-11-8-4-6-10(13-3)7-5-9-12-2/h4-6,9-10H,7-8H2,1-3H3. The van der Waals surface area contributed by atoms with Gasteiger partial charge in [-0.05, 0) is 12.5 Å². The maximum Gasteiger partial charge on any atom is 0.0788 e. The van der Waals surface area contributed by atoms with Crippen LogP contribution in [0.1, 0.15) is 6.42 Å². The molecule has 1 atom stereocenters. The van der Waals surface area contributed by atoms with Gasteiger partial charge >= 0.3 is 0 Å². The van der Waals surface area contributed by atoms with Crippen molar-refractivity contribution in [3.8, 4) is 0 Å². The van der Waals surface area contributed by atoms with Gasteiger partial charge in [-0.1, -0.05) is 12.2 Å². The number of rotatable bonds is 7. The molecule has 0 aromatic heterocycles. The Morgan fingerprint density at radius 3 is 2.46 bits per heavy atom. The number of hydrogen-bond donors (Lipinski definition) is 0. The van der Waals surface area contributed by atoms with E-state index < -0.39 is 0 Å². The molecule has 0 bridgehead atoms. The summed E-state index contributed by atoms with van der Waals surface area (Å²) in [6.07, 6.45) is 8.39. The van der Waals surface area contributed by atoms with Gasteiger partial charge < -0.3 is 14.2 Å². The summed E-state index contributed by atoms with van der Waals surface area (Å²) in [4.78, 5) is 0. The monoisotopic (exact) mass is 186 g/mol. The van der Waals surface area contributed by atoms with Gasteiger partial charge in [0, 0.05) is 14.2 Å². The van der Waals surface area contributed by atoms with Gasteiger partial charge in [0.15, 0.2) is 0 Å². The van der Waals surface area contributed by atoms with E-state index in [4.69, 9.17) is 14.2 Å². The van der Waals surface area contributed by atoms with Gasteiger partial charge in [0.05, 0.1) is 26.1 Å². The molecule has 13 heavy (non-hydrogen) atoms. The van der Waals surface area contributed by atoms with Crippen molar-refractivity contribution in [3.05, 3.63) is 24.5 Å². The highest BCUT2D eigenvalue weighted by molar-refractivity contribution is 4.93. The average Bonchev–Trinajstić information content (AvgIpc) is 2.16. The predicted octanol–water partition coefficient (Wildman–Crippen LogP) is 1.75.